The molecule has 4 aromatic rings. The van der Waals surface area contributed by atoms with Crippen LogP contribution < -0.4 is 15.8 Å². The maximum atomic E-state index is 5.93. The van der Waals surface area contributed by atoms with Gasteiger partial charge in [-0.15, -0.1) is 10.2 Å². The highest BCUT2D eigenvalue weighted by molar-refractivity contribution is 7.98. The van der Waals surface area contributed by atoms with Gasteiger partial charge in [0.2, 0.25) is 11.9 Å². The number of rotatable bonds is 8. The van der Waals surface area contributed by atoms with Gasteiger partial charge in [0.25, 0.3) is 0 Å². The number of nitrogens with one attached hydrogen (secondary N) is 1. The van der Waals surface area contributed by atoms with Crippen molar-refractivity contribution in [2.24, 2.45) is 0 Å². The van der Waals surface area contributed by atoms with Gasteiger partial charge in [0.15, 0.2) is 5.16 Å². The van der Waals surface area contributed by atoms with Crippen molar-refractivity contribution >= 4 is 29.3 Å². The van der Waals surface area contributed by atoms with Gasteiger partial charge in [-0.3, -0.25) is 4.57 Å². The van der Waals surface area contributed by atoms with Gasteiger partial charge < -0.3 is 15.8 Å². The molecule has 2 aromatic carbocycles. The standard InChI is InChI=1S/C21H22N8OS/c1-3-14-8-4-5-9-15(14)24-20-26-18(25-19(22)27-20)12-31-21-28-23-13-29(21)16-10-6-7-11-17(16)30-2/h4-11,13H,3,12H2,1-2H3,(H3,22,24,25,26,27). The zero-order valence-corrected chi connectivity index (χ0v) is 18.0. The van der Waals surface area contributed by atoms with Crippen molar-refractivity contribution < 1.29 is 4.74 Å². The number of nitrogens with two attached hydrogens (primary N) is 1. The molecule has 0 saturated carbocycles. The minimum absolute atomic E-state index is 0.160. The van der Waals surface area contributed by atoms with Gasteiger partial charge in [0.1, 0.15) is 17.9 Å². The maximum absolute atomic E-state index is 5.93. The summed E-state index contributed by atoms with van der Waals surface area (Å²) in [5.74, 6) is 2.30. The number of nitrogens with zero attached hydrogens (tertiary/aromatic N) is 6. The van der Waals surface area contributed by atoms with Crippen LogP contribution in [-0.2, 0) is 12.2 Å². The van der Waals surface area contributed by atoms with Gasteiger partial charge in [0, 0.05) is 5.69 Å². The molecule has 2 heterocycles. The SMILES string of the molecule is CCc1ccccc1Nc1nc(N)nc(CSc2nncn2-c2ccccc2OC)n1. The van der Waals surface area contributed by atoms with Gasteiger partial charge >= 0.3 is 0 Å². The third kappa shape index (κ3) is 4.75. The highest BCUT2D eigenvalue weighted by Gasteiger charge is 2.13. The number of para-hydroxylation sites is 3. The van der Waals surface area contributed by atoms with Gasteiger partial charge in [-0.25, -0.2) is 0 Å². The van der Waals surface area contributed by atoms with Crippen molar-refractivity contribution in [3.63, 3.8) is 0 Å². The monoisotopic (exact) mass is 434 g/mol. The van der Waals surface area contributed by atoms with Gasteiger partial charge in [-0.1, -0.05) is 49.0 Å². The number of benzene rings is 2. The second kappa shape index (κ2) is 9.43. The average molecular weight is 435 g/mol. The minimum atomic E-state index is 0.160. The Morgan fingerprint density at radius 2 is 1.87 bits per heavy atom. The van der Waals surface area contributed by atoms with Gasteiger partial charge in [-0.05, 0) is 30.2 Å². The van der Waals surface area contributed by atoms with E-state index in [2.05, 4.69) is 43.5 Å². The molecule has 0 unspecified atom stereocenters. The molecule has 0 bridgehead atoms. The topological polar surface area (TPSA) is 117 Å². The lowest BCUT2D eigenvalue weighted by Crippen LogP contribution is -2.07. The molecule has 0 aliphatic carbocycles. The van der Waals surface area contributed by atoms with Crippen LogP contribution in [0.15, 0.2) is 60.0 Å². The van der Waals surface area contributed by atoms with Crippen LogP contribution in [0.1, 0.15) is 18.3 Å². The van der Waals surface area contributed by atoms with Gasteiger partial charge in [0.05, 0.1) is 18.6 Å². The molecule has 4 rings (SSSR count). The van der Waals surface area contributed by atoms with Crippen LogP contribution in [0.3, 0.4) is 0 Å². The van der Waals surface area contributed by atoms with Crippen molar-refractivity contribution in [3.8, 4) is 11.4 Å². The summed E-state index contributed by atoms with van der Waals surface area (Å²) < 4.78 is 7.32. The molecule has 158 valence electrons. The Morgan fingerprint density at radius 1 is 1.06 bits per heavy atom. The van der Waals surface area contributed by atoms with E-state index in [0.29, 0.717) is 22.7 Å². The molecule has 0 fully saturated rings. The maximum Gasteiger partial charge on any atom is 0.232 e. The summed E-state index contributed by atoms with van der Waals surface area (Å²) in [6, 6.07) is 15.7. The van der Waals surface area contributed by atoms with E-state index in [4.69, 9.17) is 10.5 Å². The highest BCUT2D eigenvalue weighted by Crippen LogP contribution is 2.28. The number of methoxy groups -OCH3 is 1. The number of aromatic nitrogens is 6. The van der Waals surface area contributed by atoms with Gasteiger partial charge in [-0.2, -0.15) is 15.0 Å². The zero-order chi connectivity index (χ0) is 21.6. The molecular formula is C21H22N8OS. The molecule has 0 aliphatic heterocycles. The molecule has 0 aliphatic rings. The van der Waals surface area contributed by atoms with Crippen molar-refractivity contribution in [3.05, 3.63) is 66.2 Å². The minimum Gasteiger partial charge on any atom is -0.495 e. The third-order valence-electron chi connectivity index (χ3n) is 4.54. The van der Waals surface area contributed by atoms with Crippen LogP contribution in [0.2, 0.25) is 0 Å². The molecule has 0 atom stereocenters. The summed E-state index contributed by atoms with van der Waals surface area (Å²) in [5.41, 5.74) is 8.90. The number of hydrogen-bond acceptors (Lipinski definition) is 9. The van der Waals surface area contributed by atoms with Crippen LogP contribution in [0.5, 0.6) is 5.75 Å². The second-order valence-electron chi connectivity index (χ2n) is 6.51. The quantitative estimate of drug-likeness (QED) is 0.401. The van der Waals surface area contributed by atoms with E-state index in [0.717, 1.165) is 23.5 Å². The Labute approximate surface area is 184 Å². The first-order chi connectivity index (χ1) is 15.2. The van der Waals surface area contributed by atoms with E-state index < -0.39 is 0 Å². The Hall–Kier alpha value is -3.66. The number of hydrogen-bond donors (Lipinski definition) is 2. The second-order valence-corrected chi connectivity index (χ2v) is 7.46. The number of nitrogen functional groups attached to an aromatic ring is 1. The highest BCUT2D eigenvalue weighted by atomic mass is 32.2. The zero-order valence-electron chi connectivity index (χ0n) is 17.2. The normalized spacial score (nSPS) is 10.8. The van der Waals surface area contributed by atoms with Crippen LogP contribution in [0.4, 0.5) is 17.6 Å². The molecule has 0 radical (unpaired) electrons. The van der Waals surface area contributed by atoms with Crippen molar-refractivity contribution in [1.82, 2.24) is 29.7 Å². The predicted octanol–water partition coefficient (Wildman–Crippen LogP) is 3.64. The summed E-state index contributed by atoms with van der Waals surface area (Å²) in [6.45, 7) is 2.10. The van der Waals surface area contributed by atoms with Crippen LogP contribution in [0, 0.1) is 0 Å². The smallest absolute Gasteiger partial charge is 0.232 e. The molecule has 0 amide bonds. The van der Waals surface area contributed by atoms with E-state index in [1.54, 1.807) is 13.4 Å². The fraction of sp³-hybridized carbons (Fsp3) is 0.190. The van der Waals surface area contributed by atoms with E-state index in [-0.39, 0.29) is 5.95 Å². The Morgan fingerprint density at radius 3 is 2.71 bits per heavy atom. The first-order valence-electron chi connectivity index (χ1n) is 9.69. The summed E-state index contributed by atoms with van der Waals surface area (Å²) >= 11 is 1.45. The van der Waals surface area contributed by atoms with Crippen LogP contribution in [-0.4, -0.2) is 36.8 Å². The summed E-state index contributed by atoms with van der Waals surface area (Å²) in [7, 11) is 1.63. The van der Waals surface area contributed by atoms with Crippen molar-refractivity contribution in [2.45, 2.75) is 24.3 Å². The fourth-order valence-corrected chi connectivity index (χ4v) is 3.85. The van der Waals surface area contributed by atoms with Crippen LogP contribution >= 0.6 is 11.8 Å². The van der Waals surface area contributed by atoms with Crippen molar-refractivity contribution in [2.75, 3.05) is 18.2 Å². The first-order valence-corrected chi connectivity index (χ1v) is 10.7. The lowest BCUT2D eigenvalue weighted by molar-refractivity contribution is 0.412. The molecule has 0 spiro atoms. The summed E-state index contributed by atoms with van der Waals surface area (Å²) in [6.07, 6.45) is 2.54. The number of aryl methyl sites for hydroxylation is 1. The van der Waals surface area contributed by atoms with Crippen LogP contribution in [0.25, 0.3) is 5.69 Å². The van der Waals surface area contributed by atoms with Crippen molar-refractivity contribution in [1.29, 1.82) is 0 Å². The molecule has 3 N–H and O–H groups in total. The molecule has 31 heavy (non-hydrogen) atoms. The Bertz CT molecular complexity index is 1180. The van der Waals surface area contributed by atoms with E-state index in [1.807, 2.05) is 47.0 Å². The molecule has 2 aromatic heterocycles. The molecule has 10 heteroatoms. The summed E-state index contributed by atoms with van der Waals surface area (Å²) in [4.78, 5) is 13.0. The van der Waals surface area contributed by atoms with E-state index in [1.165, 1.54) is 17.3 Å². The largest absolute Gasteiger partial charge is 0.495 e. The fourth-order valence-electron chi connectivity index (χ4n) is 3.08. The number of anilines is 3. The molecular weight excluding hydrogens is 412 g/mol. The number of ether oxygens (including phenoxy) is 1. The third-order valence-corrected chi connectivity index (χ3v) is 5.47. The molecule has 0 saturated heterocycles. The van der Waals surface area contributed by atoms with E-state index >= 15 is 0 Å². The lowest BCUT2D eigenvalue weighted by Gasteiger charge is -2.11. The molecule has 9 nitrogen and oxygen atoms in total. The first kappa shape index (κ1) is 20.6. The lowest BCUT2D eigenvalue weighted by atomic mass is 10.1. The average Bonchev–Trinajstić information content (AvgIpc) is 3.26. The predicted molar refractivity (Wildman–Crippen MR) is 121 cm³/mol. The Balaban J connectivity index is 1.53. The Kier molecular flexibility index (Phi) is 6.27. The number of thioether (sulfide) groups is 1. The van der Waals surface area contributed by atoms with E-state index in [9.17, 15) is 0 Å². The summed E-state index contributed by atoms with van der Waals surface area (Å²) in [5, 5.41) is 12.2.